The summed E-state index contributed by atoms with van der Waals surface area (Å²) in [7, 11) is 1.13. The Bertz CT molecular complexity index is 935. The Morgan fingerprint density at radius 1 is 0.885 bits per heavy atom. The minimum Gasteiger partial charge on any atom is -0.420 e. The highest BCUT2D eigenvalue weighted by Crippen LogP contribution is 2.24. The fourth-order valence-corrected chi connectivity index (χ4v) is 3.07. The highest BCUT2D eigenvalue weighted by atomic mass is 28.1. The minimum atomic E-state index is -1.16. The Balaban J connectivity index is 1.77. The SMILES string of the molecule is Cc1ccc(OC(=O)c2ccc(-c3ccc(C[SiH3])cc3)cc2)c(F)c1F. The summed E-state index contributed by atoms with van der Waals surface area (Å²) in [4.78, 5) is 12.2. The van der Waals surface area contributed by atoms with Gasteiger partial charge in [0, 0.05) is 10.2 Å². The van der Waals surface area contributed by atoms with E-state index in [1.54, 1.807) is 24.3 Å². The predicted octanol–water partition coefficient (Wildman–Crippen LogP) is 4.02. The van der Waals surface area contributed by atoms with Crippen LogP contribution in [0, 0.1) is 18.6 Å². The molecule has 0 bridgehead atoms. The fraction of sp³-hybridized carbons (Fsp3) is 0.0952. The van der Waals surface area contributed by atoms with Gasteiger partial charge in [0.05, 0.1) is 5.56 Å². The third-order valence-corrected chi connectivity index (χ3v) is 5.08. The first-order valence-corrected chi connectivity index (χ1v) is 9.77. The monoisotopic (exact) mass is 368 g/mol. The van der Waals surface area contributed by atoms with Crippen molar-refractivity contribution in [3.8, 4) is 16.9 Å². The molecule has 0 fully saturated rings. The van der Waals surface area contributed by atoms with E-state index in [2.05, 4.69) is 12.1 Å². The zero-order valence-electron chi connectivity index (χ0n) is 14.6. The molecule has 0 atom stereocenters. The van der Waals surface area contributed by atoms with Gasteiger partial charge in [-0.05, 0) is 47.9 Å². The largest absolute Gasteiger partial charge is 0.420 e. The maximum atomic E-state index is 13.8. The van der Waals surface area contributed by atoms with Crippen LogP contribution in [0.15, 0.2) is 60.7 Å². The second-order valence-corrected chi connectivity index (χ2v) is 6.73. The molecule has 0 saturated heterocycles. The first kappa shape index (κ1) is 18.0. The van der Waals surface area contributed by atoms with E-state index in [1.807, 2.05) is 12.1 Å². The molecule has 3 aromatic rings. The van der Waals surface area contributed by atoms with Crippen molar-refractivity contribution in [1.29, 1.82) is 0 Å². The number of hydrogen-bond donors (Lipinski definition) is 0. The molecule has 0 aliphatic carbocycles. The molecule has 5 heteroatoms. The van der Waals surface area contributed by atoms with Crippen LogP contribution in [0.3, 0.4) is 0 Å². The van der Waals surface area contributed by atoms with Crippen LogP contribution >= 0.6 is 0 Å². The first-order chi connectivity index (χ1) is 12.5. The van der Waals surface area contributed by atoms with Gasteiger partial charge in [0.25, 0.3) is 0 Å². The van der Waals surface area contributed by atoms with Crippen LogP contribution in [-0.4, -0.2) is 16.2 Å². The predicted molar refractivity (Wildman–Crippen MR) is 102 cm³/mol. The highest BCUT2D eigenvalue weighted by molar-refractivity contribution is 6.08. The number of hydrogen-bond acceptors (Lipinski definition) is 2. The Hall–Kier alpha value is -2.79. The average molecular weight is 368 g/mol. The van der Waals surface area contributed by atoms with Crippen LogP contribution in [0.5, 0.6) is 5.75 Å². The molecular weight excluding hydrogens is 350 g/mol. The van der Waals surface area contributed by atoms with Crippen molar-refractivity contribution in [3.05, 3.63) is 89.0 Å². The topological polar surface area (TPSA) is 26.3 Å². The smallest absolute Gasteiger partial charge is 0.343 e. The number of rotatable bonds is 4. The van der Waals surface area contributed by atoms with Crippen molar-refractivity contribution >= 4 is 16.2 Å². The van der Waals surface area contributed by atoms with Gasteiger partial charge in [-0.15, -0.1) is 0 Å². The van der Waals surface area contributed by atoms with Crippen molar-refractivity contribution in [1.82, 2.24) is 0 Å². The van der Waals surface area contributed by atoms with Crippen molar-refractivity contribution in [2.45, 2.75) is 13.0 Å². The summed E-state index contributed by atoms with van der Waals surface area (Å²) in [6.07, 6.45) is 0. The number of ether oxygens (including phenoxy) is 1. The molecule has 132 valence electrons. The molecule has 26 heavy (non-hydrogen) atoms. The van der Waals surface area contributed by atoms with Crippen molar-refractivity contribution in [2.24, 2.45) is 0 Å². The van der Waals surface area contributed by atoms with Gasteiger partial charge in [0.15, 0.2) is 11.6 Å². The van der Waals surface area contributed by atoms with Crippen molar-refractivity contribution in [2.75, 3.05) is 0 Å². The number of aryl methyl sites for hydroxylation is 1. The van der Waals surface area contributed by atoms with Crippen LogP contribution < -0.4 is 4.74 Å². The van der Waals surface area contributed by atoms with E-state index in [0.717, 1.165) is 27.4 Å². The number of carbonyl (C=O) groups is 1. The molecule has 0 aromatic heterocycles. The summed E-state index contributed by atoms with van der Waals surface area (Å²) < 4.78 is 32.4. The lowest BCUT2D eigenvalue weighted by atomic mass is 10.0. The zero-order chi connectivity index (χ0) is 18.7. The fourth-order valence-electron chi connectivity index (χ4n) is 2.60. The molecule has 0 saturated carbocycles. The Labute approximate surface area is 153 Å². The summed E-state index contributed by atoms with van der Waals surface area (Å²) in [5, 5.41) is 0. The average Bonchev–Trinajstić information content (AvgIpc) is 2.68. The second kappa shape index (κ2) is 7.62. The molecule has 3 rings (SSSR count). The van der Waals surface area contributed by atoms with Crippen LogP contribution in [0.25, 0.3) is 11.1 Å². The summed E-state index contributed by atoms with van der Waals surface area (Å²) in [5.41, 5.74) is 3.76. The molecular formula is C21H18F2O2Si. The molecule has 0 heterocycles. The summed E-state index contributed by atoms with van der Waals surface area (Å²) in [5.74, 6) is -3.32. The van der Waals surface area contributed by atoms with Crippen LogP contribution in [0.4, 0.5) is 8.78 Å². The third-order valence-electron chi connectivity index (χ3n) is 4.26. The van der Waals surface area contributed by atoms with E-state index in [1.165, 1.54) is 24.6 Å². The van der Waals surface area contributed by atoms with Crippen molar-refractivity contribution in [3.63, 3.8) is 0 Å². The van der Waals surface area contributed by atoms with Crippen LogP contribution in [0.1, 0.15) is 21.5 Å². The molecule has 0 unspecified atom stereocenters. The lowest BCUT2D eigenvalue weighted by molar-refractivity contribution is 0.0726. The lowest BCUT2D eigenvalue weighted by Crippen LogP contribution is -2.10. The third kappa shape index (κ3) is 3.73. The lowest BCUT2D eigenvalue weighted by Gasteiger charge is -2.08. The number of carbonyl (C=O) groups excluding carboxylic acids is 1. The number of benzene rings is 3. The molecule has 0 aliphatic heterocycles. The minimum absolute atomic E-state index is 0.156. The van der Waals surface area contributed by atoms with Gasteiger partial charge in [0.1, 0.15) is 0 Å². The van der Waals surface area contributed by atoms with Crippen LogP contribution in [0.2, 0.25) is 0 Å². The highest BCUT2D eigenvalue weighted by Gasteiger charge is 2.16. The standard InChI is InChI=1S/C21H18F2O2Si/c1-13-2-11-18(20(23)19(13)22)25-21(24)17-9-7-16(8-10-17)15-5-3-14(12-26)4-6-15/h2-11H,12H2,1,26H3. The summed E-state index contributed by atoms with van der Waals surface area (Å²) in [6, 6.07) is 18.8. The van der Waals surface area contributed by atoms with Crippen molar-refractivity contribution < 1.29 is 18.3 Å². The normalized spacial score (nSPS) is 10.7. The van der Waals surface area contributed by atoms with E-state index in [4.69, 9.17) is 4.74 Å². The summed E-state index contributed by atoms with van der Waals surface area (Å²) >= 11 is 0. The number of esters is 1. The quantitative estimate of drug-likeness (QED) is 0.395. The van der Waals surface area contributed by atoms with Gasteiger partial charge in [0.2, 0.25) is 5.82 Å². The molecule has 0 spiro atoms. The molecule has 0 N–H and O–H groups in total. The Morgan fingerprint density at radius 3 is 2.04 bits per heavy atom. The Kier molecular flexibility index (Phi) is 5.28. The maximum absolute atomic E-state index is 13.8. The molecule has 3 aromatic carbocycles. The Morgan fingerprint density at radius 2 is 1.46 bits per heavy atom. The maximum Gasteiger partial charge on any atom is 0.343 e. The van der Waals surface area contributed by atoms with Gasteiger partial charge in [-0.25, -0.2) is 9.18 Å². The molecule has 0 aliphatic rings. The van der Waals surface area contributed by atoms with Gasteiger partial charge in [-0.3, -0.25) is 0 Å². The van der Waals surface area contributed by atoms with E-state index >= 15 is 0 Å². The van der Waals surface area contributed by atoms with E-state index in [0.29, 0.717) is 0 Å². The zero-order valence-corrected chi connectivity index (χ0v) is 16.6. The van der Waals surface area contributed by atoms with Gasteiger partial charge in [-0.2, -0.15) is 4.39 Å². The summed E-state index contributed by atoms with van der Waals surface area (Å²) in [6.45, 7) is 1.44. The molecule has 2 nitrogen and oxygen atoms in total. The number of halogens is 2. The van der Waals surface area contributed by atoms with E-state index in [9.17, 15) is 13.6 Å². The van der Waals surface area contributed by atoms with E-state index in [-0.39, 0.29) is 11.1 Å². The van der Waals surface area contributed by atoms with Gasteiger partial charge < -0.3 is 4.74 Å². The van der Waals surface area contributed by atoms with Crippen LogP contribution in [-0.2, 0) is 6.04 Å². The van der Waals surface area contributed by atoms with Gasteiger partial charge in [-0.1, -0.05) is 48.0 Å². The second-order valence-electron chi connectivity index (χ2n) is 6.03. The van der Waals surface area contributed by atoms with Gasteiger partial charge >= 0.3 is 5.97 Å². The molecule has 0 radical (unpaired) electrons. The first-order valence-electron chi connectivity index (χ1n) is 8.35. The van der Waals surface area contributed by atoms with E-state index < -0.39 is 23.4 Å². The molecule has 0 amide bonds.